The lowest BCUT2D eigenvalue weighted by Crippen LogP contribution is -2.12. The standard InChI is InChI=1S/C21H24N2O7/c1-30-21(29)19-18(20(28)11-2-3-11)17(16(23-19)6-22-10-27)13-5-4-12(7-24)14(8-25)15(13)9-26/h4-6,11,23-27H,2-3,7-10H2,1H3. The van der Waals surface area contributed by atoms with Crippen LogP contribution in [0.15, 0.2) is 17.1 Å². The van der Waals surface area contributed by atoms with Crippen molar-refractivity contribution in [2.24, 2.45) is 10.9 Å². The Balaban J connectivity index is 2.37. The fraction of sp³-hybridized carbons (Fsp3) is 0.381. The maximum atomic E-state index is 13.1. The Hall–Kier alpha value is -2.85. The summed E-state index contributed by atoms with van der Waals surface area (Å²) in [6.07, 6.45) is 2.72. The second-order valence-electron chi connectivity index (χ2n) is 6.95. The van der Waals surface area contributed by atoms with Crippen LogP contribution < -0.4 is 0 Å². The van der Waals surface area contributed by atoms with E-state index >= 15 is 0 Å². The van der Waals surface area contributed by atoms with E-state index in [2.05, 4.69) is 9.98 Å². The molecule has 2 aromatic rings. The molecule has 0 atom stereocenters. The molecule has 1 aromatic heterocycles. The van der Waals surface area contributed by atoms with Crippen LogP contribution in [-0.4, -0.2) is 57.2 Å². The van der Waals surface area contributed by atoms with Gasteiger partial charge in [0.05, 0.1) is 38.2 Å². The second kappa shape index (κ2) is 9.31. The number of nitrogens with zero attached hydrogens (tertiary/aromatic N) is 1. The maximum Gasteiger partial charge on any atom is 0.355 e. The zero-order chi connectivity index (χ0) is 21.8. The van der Waals surface area contributed by atoms with Gasteiger partial charge in [-0.25, -0.2) is 4.79 Å². The van der Waals surface area contributed by atoms with Crippen LogP contribution in [0.3, 0.4) is 0 Å². The number of esters is 1. The first kappa shape index (κ1) is 21.8. The van der Waals surface area contributed by atoms with Crippen molar-refractivity contribution in [3.63, 3.8) is 0 Å². The number of benzene rings is 1. The number of ketones is 1. The van der Waals surface area contributed by atoms with E-state index in [1.54, 1.807) is 12.1 Å². The summed E-state index contributed by atoms with van der Waals surface area (Å²) in [5.74, 6) is -1.17. The number of hydrogen-bond acceptors (Lipinski definition) is 8. The predicted octanol–water partition coefficient (Wildman–Crippen LogP) is 0.907. The number of hydrogen-bond donors (Lipinski definition) is 5. The van der Waals surface area contributed by atoms with Gasteiger partial charge in [-0.15, -0.1) is 0 Å². The van der Waals surface area contributed by atoms with Crippen LogP contribution in [0.5, 0.6) is 0 Å². The van der Waals surface area contributed by atoms with Gasteiger partial charge >= 0.3 is 5.97 Å². The van der Waals surface area contributed by atoms with Crippen molar-refractivity contribution >= 4 is 18.0 Å². The zero-order valence-corrected chi connectivity index (χ0v) is 16.5. The van der Waals surface area contributed by atoms with Crippen LogP contribution >= 0.6 is 0 Å². The van der Waals surface area contributed by atoms with Gasteiger partial charge in [-0.05, 0) is 35.1 Å². The largest absolute Gasteiger partial charge is 0.464 e. The molecule has 1 heterocycles. The number of Topliss-reactive ketones (excluding diaryl/α,β-unsaturated/α-hetero) is 1. The molecule has 0 saturated heterocycles. The zero-order valence-electron chi connectivity index (χ0n) is 16.5. The molecule has 5 N–H and O–H groups in total. The summed E-state index contributed by atoms with van der Waals surface area (Å²) in [6, 6.07) is 3.20. The number of nitrogens with one attached hydrogen (secondary N) is 1. The molecular formula is C21H24N2O7. The fourth-order valence-corrected chi connectivity index (χ4v) is 3.58. The lowest BCUT2D eigenvalue weighted by molar-refractivity contribution is 0.0590. The van der Waals surface area contributed by atoms with Gasteiger partial charge in [-0.1, -0.05) is 12.1 Å². The molecule has 9 heteroatoms. The van der Waals surface area contributed by atoms with Crippen LogP contribution in [-0.2, 0) is 24.6 Å². The monoisotopic (exact) mass is 416 g/mol. The van der Waals surface area contributed by atoms with Crippen LogP contribution in [0.4, 0.5) is 0 Å². The number of aliphatic hydroxyl groups excluding tert-OH is 4. The highest BCUT2D eigenvalue weighted by atomic mass is 16.5. The van der Waals surface area contributed by atoms with E-state index in [0.717, 1.165) is 0 Å². The second-order valence-corrected chi connectivity index (χ2v) is 6.95. The third-order valence-electron chi connectivity index (χ3n) is 5.20. The Labute approximate surface area is 172 Å². The molecule has 30 heavy (non-hydrogen) atoms. The molecular weight excluding hydrogens is 392 g/mol. The first-order valence-corrected chi connectivity index (χ1v) is 9.48. The number of rotatable bonds is 9. The average Bonchev–Trinajstić information content (AvgIpc) is 3.56. The Morgan fingerprint density at radius 3 is 2.37 bits per heavy atom. The summed E-state index contributed by atoms with van der Waals surface area (Å²) < 4.78 is 4.84. The van der Waals surface area contributed by atoms with Gasteiger partial charge in [0.25, 0.3) is 0 Å². The molecule has 0 bridgehead atoms. The first-order chi connectivity index (χ1) is 14.5. The summed E-state index contributed by atoms with van der Waals surface area (Å²) >= 11 is 0. The highest BCUT2D eigenvalue weighted by Crippen LogP contribution is 2.41. The topological polar surface area (TPSA) is 152 Å². The molecule has 160 valence electrons. The Kier molecular flexibility index (Phi) is 6.78. The molecule has 0 amide bonds. The van der Waals surface area contributed by atoms with E-state index in [0.29, 0.717) is 40.7 Å². The van der Waals surface area contributed by atoms with Crippen LogP contribution in [0.1, 0.15) is 56.1 Å². The number of ether oxygens (including phenoxy) is 1. The molecule has 0 radical (unpaired) electrons. The molecule has 0 spiro atoms. The van der Waals surface area contributed by atoms with Crippen molar-refractivity contribution in [1.82, 2.24) is 4.98 Å². The minimum absolute atomic E-state index is 0.0375. The van der Waals surface area contributed by atoms with E-state index in [1.807, 2.05) is 0 Å². The van der Waals surface area contributed by atoms with Crippen molar-refractivity contribution in [2.75, 3.05) is 13.8 Å². The van der Waals surface area contributed by atoms with Crippen LogP contribution in [0.25, 0.3) is 11.1 Å². The van der Waals surface area contributed by atoms with E-state index in [9.17, 15) is 24.9 Å². The molecule has 1 aromatic carbocycles. The quantitative estimate of drug-likeness (QED) is 0.231. The number of aliphatic hydroxyl groups is 4. The Morgan fingerprint density at radius 1 is 1.13 bits per heavy atom. The maximum absolute atomic E-state index is 13.1. The molecule has 0 aliphatic heterocycles. The molecule has 1 fully saturated rings. The lowest BCUT2D eigenvalue weighted by atomic mass is 9.88. The summed E-state index contributed by atoms with van der Waals surface area (Å²) in [4.78, 5) is 32.2. The highest BCUT2D eigenvalue weighted by Gasteiger charge is 2.37. The Bertz CT molecular complexity index is 990. The summed E-state index contributed by atoms with van der Waals surface area (Å²) in [5.41, 5.74) is 2.21. The lowest BCUT2D eigenvalue weighted by Gasteiger charge is -2.16. The van der Waals surface area contributed by atoms with E-state index < -0.39 is 25.9 Å². The molecule has 1 aliphatic carbocycles. The number of carbonyl (C=O) groups is 2. The van der Waals surface area contributed by atoms with Gasteiger partial charge in [0.1, 0.15) is 12.4 Å². The van der Waals surface area contributed by atoms with Crippen molar-refractivity contribution < 1.29 is 34.8 Å². The van der Waals surface area contributed by atoms with Gasteiger partial charge in [-0.3, -0.25) is 9.79 Å². The van der Waals surface area contributed by atoms with Crippen molar-refractivity contribution in [1.29, 1.82) is 0 Å². The van der Waals surface area contributed by atoms with Gasteiger partial charge < -0.3 is 30.1 Å². The van der Waals surface area contributed by atoms with Crippen LogP contribution in [0.2, 0.25) is 0 Å². The highest BCUT2D eigenvalue weighted by molar-refractivity contribution is 6.15. The number of methoxy groups -OCH3 is 1. The minimum Gasteiger partial charge on any atom is -0.464 e. The third kappa shape index (κ3) is 3.92. The summed E-state index contributed by atoms with van der Waals surface area (Å²) in [6.45, 7) is -1.74. The molecule has 9 nitrogen and oxygen atoms in total. The number of aromatic nitrogens is 1. The van der Waals surface area contributed by atoms with Gasteiger partial charge in [0, 0.05) is 17.7 Å². The van der Waals surface area contributed by atoms with Gasteiger partial charge in [0.2, 0.25) is 0 Å². The number of aliphatic imine (C=N–C) groups is 1. The van der Waals surface area contributed by atoms with E-state index in [-0.39, 0.29) is 35.3 Å². The summed E-state index contributed by atoms with van der Waals surface area (Å²) in [7, 11) is 1.20. The molecule has 3 rings (SSSR count). The van der Waals surface area contributed by atoms with Crippen molar-refractivity contribution in [3.05, 3.63) is 45.8 Å². The first-order valence-electron chi connectivity index (χ1n) is 9.48. The molecule has 1 aliphatic rings. The smallest absolute Gasteiger partial charge is 0.355 e. The van der Waals surface area contributed by atoms with E-state index in [4.69, 9.17) is 9.84 Å². The number of aromatic amines is 1. The minimum atomic E-state index is -0.733. The van der Waals surface area contributed by atoms with Gasteiger partial charge in [0.15, 0.2) is 5.78 Å². The average molecular weight is 416 g/mol. The van der Waals surface area contributed by atoms with E-state index in [1.165, 1.54) is 13.3 Å². The van der Waals surface area contributed by atoms with Crippen molar-refractivity contribution in [3.8, 4) is 11.1 Å². The number of carbonyl (C=O) groups excluding carboxylic acids is 2. The van der Waals surface area contributed by atoms with Crippen molar-refractivity contribution in [2.45, 2.75) is 32.7 Å². The molecule has 0 unspecified atom stereocenters. The molecule has 1 saturated carbocycles. The normalized spacial score (nSPS) is 13.8. The van der Waals surface area contributed by atoms with Gasteiger partial charge in [-0.2, -0.15) is 0 Å². The number of H-pyrrole nitrogens is 1. The third-order valence-corrected chi connectivity index (χ3v) is 5.20. The van der Waals surface area contributed by atoms with Crippen LogP contribution in [0, 0.1) is 5.92 Å². The Morgan fingerprint density at radius 2 is 1.83 bits per heavy atom. The predicted molar refractivity (Wildman–Crippen MR) is 107 cm³/mol. The summed E-state index contributed by atoms with van der Waals surface area (Å²) in [5, 5.41) is 38.5. The fourth-order valence-electron chi connectivity index (χ4n) is 3.58. The SMILES string of the molecule is COC(=O)c1[nH]c(C=NCO)c(-c2ccc(CO)c(CO)c2CO)c1C(=O)C1CC1.